The summed E-state index contributed by atoms with van der Waals surface area (Å²) < 4.78 is 1.60. The zero-order valence-electron chi connectivity index (χ0n) is 11.2. The molecule has 0 aliphatic rings. The van der Waals surface area contributed by atoms with E-state index in [1.54, 1.807) is 22.8 Å². The molecule has 4 heteroatoms. The van der Waals surface area contributed by atoms with Crippen LogP contribution in [0, 0.1) is 13.8 Å². The zero-order valence-corrected chi connectivity index (χ0v) is 12.0. The number of rotatable bonds is 1. The minimum Gasteiger partial charge on any atom is -0.268 e. The van der Waals surface area contributed by atoms with Crippen molar-refractivity contribution in [3.63, 3.8) is 0 Å². The molecule has 3 nitrogen and oxygen atoms in total. The van der Waals surface area contributed by atoms with Crippen molar-refractivity contribution >= 4 is 22.5 Å². The molecule has 0 spiro atoms. The Labute approximate surface area is 121 Å². The lowest BCUT2D eigenvalue weighted by molar-refractivity contribution is 0.893. The van der Waals surface area contributed by atoms with Crippen molar-refractivity contribution in [3.8, 4) is 5.69 Å². The predicted octanol–water partition coefficient (Wildman–Crippen LogP) is 3.66. The Kier molecular flexibility index (Phi) is 3.07. The van der Waals surface area contributed by atoms with E-state index in [-0.39, 0.29) is 5.56 Å². The van der Waals surface area contributed by atoms with Gasteiger partial charge in [0.15, 0.2) is 0 Å². The number of benzene rings is 2. The number of aryl methyl sites for hydroxylation is 2. The lowest BCUT2D eigenvalue weighted by atomic mass is 10.2. The van der Waals surface area contributed by atoms with Crippen LogP contribution >= 0.6 is 11.6 Å². The quantitative estimate of drug-likeness (QED) is 0.683. The van der Waals surface area contributed by atoms with E-state index < -0.39 is 0 Å². The van der Waals surface area contributed by atoms with Gasteiger partial charge in [-0.2, -0.15) is 0 Å². The topological polar surface area (TPSA) is 34.9 Å². The van der Waals surface area contributed by atoms with Crippen LogP contribution in [0.15, 0.2) is 47.3 Å². The Morgan fingerprint density at radius 1 is 1.10 bits per heavy atom. The summed E-state index contributed by atoms with van der Waals surface area (Å²) in [6, 6.07) is 13.1. The van der Waals surface area contributed by atoms with Crippen molar-refractivity contribution in [2.24, 2.45) is 0 Å². The fraction of sp³-hybridized carbons (Fsp3) is 0.125. The third-order valence-electron chi connectivity index (χ3n) is 3.27. The number of hydrogen-bond acceptors (Lipinski definition) is 2. The molecule has 0 amide bonds. The highest BCUT2D eigenvalue weighted by Gasteiger charge is 2.12. The molecule has 100 valence electrons. The van der Waals surface area contributed by atoms with Crippen molar-refractivity contribution < 1.29 is 0 Å². The molecule has 0 atom stereocenters. The maximum Gasteiger partial charge on any atom is 0.267 e. The van der Waals surface area contributed by atoms with E-state index in [0.717, 1.165) is 11.3 Å². The molecule has 3 aromatic rings. The third-order valence-corrected chi connectivity index (χ3v) is 3.59. The molecule has 0 radical (unpaired) electrons. The standard InChI is InChI=1S/C16H13ClN2O/c1-10-5-3-6-12(9-10)19-11(2)18-14-8-4-7-13(17)15(14)16(19)20/h3-9H,1-2H3. The number of halogens is 1. The second-order valence-electron chi connectivity index (χ2n) is 4.77. The fourth-order valence-electron chi connectivity index (χ4n) is 2.37. The highest BCUT2D eigenvalue weighted by Crippen LogP contribution is 2.20. The summed E-state index contributed by atoms with van der Waals surface area (Å²) >= 11 is 6.15. The third kappa shape index (κ3) is 2.00. The Bertz CT molecular complexity index is 868. The molecule has 1 heterocycles. The van der Waals surface area contributed by atoms with Gasteiger partial charge in [0, 0.05) is 0 Å². The lowest BCUT2D eigenvalue weighted by Crippen LogP contribution is -2.22. The molecule has 0 saturated heterocycles. The number of fused-ring (bicyclic) bond motifs is 1. The molecule has 0 aliphatic carbocycles. The molecule has 2 aromatic carbocycles. The van der Waals surface area contributed by atoms with E-state index in [1.165, 1.54) is 0 Å². The maximum absolute atomic E-state index is 12.7. The first-order chi connectivity index (χ1) is 9.58. The highest BCUT2D eigenvalue weighted by molar-refractivity contribution is 6.35. The summed E-state index contributed by atoms with van der Waals surface area (Å²) in [6.45, 7) is 3.81. The van der Waals surface area contributed by atoms with Crippen molar-refractivity contribution in [2.75, 3.05) is 0 Å². The summed E-state index contributed by atoms with van der Waals surface area (Å²) in [5.41, 5.74) is 2.39. The van der Waals surface area contributed by atoms with E-state index in [0.29, 0.717) is 21.7 Å². The van der Waals surface area contributed by atoms with Crippen molar-refractivity contribution in [3.05, 3.63) is 69.2 Å². The predicted molar refractivity (Wildman–Crippen MR) is 81.8 cm³/mol. The monoisotopic (exact) mass is 284 g/mol. The van der Waals surface area contributed by atoms with Crippen LogP contribution in [0.25, 0.3) is 16.6 Å². The summed E-state index contributed by atoms with van der Waals surface area (Å²) in [4.78, 5) is 17.2. The molecule has 0 fully saturated rings. The first-order valence-corrected chi connectivity index (χ1v) is 6.70. The minimum absolute atomic E-state index is 0.135. The van der Waals surface area contributed by atoms with E-state index in [1.807, 2.05) is 38.1 Å². The average Bonchev–Trinajstić information content (AvgIpc) is 2.38. The van der Waals surface area contributed by atoms with Gasteiger partial charge in [0.05, 0.1) is 21.6 Å². The zero-order chi connectivity index (χ0) is 14.3. The molecule has 20 heavy (non-hydrogen) atoms. The molecule has 0 saturated carbocycles. The van der Waals surface area contributed by atoms with Crippen molar-refractivity contribution in [1.29, 1.82) is 0 Å². The van der Waals surface area contributed by atoms with Gasteiger partial charge in [0.25, 0.3) is 5.56 Å². The van der Waals surface area contributed by atoms with Crippen LogP contribution in [0.4, 0.5) is 0 Å². The molecule has 0 aliphatic heterocycles. The van der Waals surface area contributed by atoms with Gasteiger partial charge in [0.2, 0.25) is 0 Å². The van der Waals surface area contributed by atoms with Gasteiger partial charge in [-0.05, 0) is 43.7 Å². The van der Waals surface area contributed by atoms with E-state index in [2.05, 4.69) is 4.98 Å². The fourth-order valence-corrected chi connectivity index (χ4v) is 2.62. The SMILES string of the molecule is Cc1cccc(-n2c(C)nc3cccc(Cl)c3c2=O)c1. The Balaban J connectivity index is 2.43. The molecular weight excluding hydrogens is 272 g/mol. The molecule has 0 N–H and O–H groups in total. The van der Waals surface area contributed by atoms with E-state index >= 15 is 0 Å². The average molecular weight is 285 g/mol. The van der Waals surface area contributed by atoms with E-state index in [9.17, 15) is 4.79 Å². The van der Waals surface area contributed by atoms with Crippen LogP contribution in [-0.4, -0.2) is 9.55 Å². The molecule has 0 bridgehead atoms. The lowest BCUT2D eigenvalue weighted by Gasteiger charge is -2.11. The maximum atomic E-state index is 12.7. The minimum atomic E-state index is -0.135. The molecule has 0 unspecified atom stereocenters. The number of hydrogen-bond donors (Lipinski definition) is 0. The molecule has 1 aromatic heterocycles. The van der Waals surface area contributed by atoms with Crippen molar-refractivity contribution in [1.82, 2.24) is 9.55 Å². The smallest absolute Gasteiger partial charge is 0.267 e. The van der Waals surface area contributed by atoms with Gasteiger partial charge in [-0.25, -0.2) is 4.98 Å². The summed E-state index contributed by atoms with van der Waals surface area (Å²) in [7, 11) is 0. The second-order valence-corrected chi connectivity index (χ2v) is 5.18. The Hall–Kier alpha value is -2.13. The van der Waals surface area contributed by atoms with Crippen LogP contribution < -0.4 is 5.56 Å². The first kappa shape index (κ1) is 12.9. The van der Waals surface area contributed by atoms with Gasteiger partial charge >= 0.3 is 0 Å². The Morgan fingerprint density at radius 2 is 1.85 bits per heavy atom. The van der Waals surface area contributed by atoms with Crippen LogP contribution in [0.2, 0.25) is 5.02 Å². The van der Waals surface area contributed by atoms with Crippen molar-refractivity contribution in [2.45, 2.75) is 13.8 Å². The van der Waals surface area contributed by atoms with Gasteiger partial charge in [-0.3, -0.25) is 9.36 Å². The van der Waals surface area contributed by atoms with Gasteiger partial charge in [-0.15, -0.1) is 0 Å². The molecule has 3 rings (SSSR count). The summed E-state index contributed by atoms with van der Waals surface area (Å²) in [6.07, 6.45) is 0. The number of aromatic nitrogens is 2. The van der Waals surface area contributed by atoms with Crippen LogP contribution in [0.5, 0.6) is 0 Å². The van der Waals surface area contributed by atoms with Gasteiger partial charge in [0.1, 0.15) is 5.82 Å². The normalized spacial score (nSPS) is 10.9. The Morgan fingerprint density at radius 3 is 2.60 bits per heavy atom. The van der Waals surface area contributed by atoms with Crippen LogP contribution in [0.3, 0.4) is 0 Å². The van der Waals surface area contributed by atoms with Crippen LogP contribution in [0.1, 0.15) is 11.4 Å². The van der Waals surface area contributed by atoms with Crippen LogP contribution in [-0.2, 0) is 0 Å². The highest BCUT2D eigenvalue weighted by atomic mass is 35.5. The number of nitrogens with zero attached hydrogens (tertiary/aromatic N) is 2. The summed E-state index contributed by atoms with van der Waals surface area (Å²) in [5, 5.41) is 0.891. The second kappa shape index (κ2) is 4.76. The first-order valence-electron chi connectivity index (χ1n) is 6.33. The largest absolute Gasteiger partial charge is 0.268 e. The molecular formula is C16H13ClN2O. The summed E-state index contributed by atoms with van der Waals surface area (Å²) in [5.74, 6) is 0.648. The van der Waals surface area contributed by atoms with Gasteiger partial charge in [-0.1, -0.05) is 29.8 Å². The van der Waals surface area contributed by atoms with E-state index in [4.69, 9.17) is 11.6 Å². The van der Waals surface area contributed by atoms with Gasteiger partial charge < -0.3 is 0 Å².